The summed E-state index contributed by atoms with van der Waals surface area (Å²) in [7, 11) is 0. The highest BCUT2D eigenvalue weighted by Gasteiger charge is 2.75. The molecule has 2 heterocycles. The van der Waals surface area contributed by atoms with Gasteiger partial charge in [-0.3, -0.25) is 9.59 Å². The molecule has 1 aliphatic carbocycles. The molecule has 0 radical (unpaired) electrons. The minimum atomic E-state index is -1.30. The summed E-state index contributed by atoms with van der Waals surface area (Å²) in [6.07, 6.45) is 2.49. The lowest BCUT2D eigenvalue weighted by Gasteiger charge is -2.35. The Morgan fingerprint density at radius 1 is 1.02 bits per heavy atom. The van der Waals surface area contributed by atoms with E-state index >= 15 is 0 Å². The van der Waals surface area contributed by atoms with Crippen molar-refractivity contribution in [3.63, 3.8) is 0 Å². The van der Waals surface area contributed by atoms with Gasteiger partial charge in [0.05, 0.1) is 16.6 Å². The van der Waals surface area contributed by atoms with E-state index < -0.39 is 28.4 Å². The van der Waals surface area contributed by atoms with Crippen LogP contribution in [0.15, 0.2) is 42.6 Å². The zero-order chi connectivity index (χ0) is 29.0. The first-order valence-electron chi connectivity index (χ1n) is 14.1. The van der Waals surface area contributed by atoms with Gasteiger partial charge in [-0.1, -0.05) is 43.2 Å². The highest BCUT2D eigenvalue weighted by Crippen LogP contribution is 2.65. The predicted molar refractivity (Wildman–Crippen MR) is 154 cm³/mol. The minimum Gasteiger partial charge on any atom is -0.448 e. The van der Waals surface area contributed by atoms with E-state index in [0.717, 1.165) is 10.9 Å². The Hall–Kier alpha value is -3.81. The molecule has 1 N–H and O–H groups in total. The van der Waals surface area contributed by atoms with Crippen molar-refractivity contribution in [2.75, 3.05) is 18.4 Å². The molecule has 2 aromatic carbocycles. The maximum absolute atomic E-state index is 14.1. The molecule has 1 unspecified atom stereocenters. The molecule has 1 aromatic heterocycles. The molecular weight excluding hydrogens is 506 g/mol. The van der Waals surface area contributed by atoms with Crippen molar-refractivity contribution in [3.05, 3.63) is 59.3 Å². The summed E-state index contributed by atoms with van der Waals surface area (Å²) in [5.41, 5.74) is 2.09. The number of carbonyl (C=O) groups is 3. The van der Waals surface area contributed by atoms with Crippen LogP contribution >= 0.6 is 0 Å². The topological polar surface area (TPSA) is 89.9 Å². The van der Waals surface area contributed by atoms with Crippen LogP contribution in [0.1, 0.15) is 64.2 Å². The molecular formula is C32H39N3O5. The SMILES string of the molecule is CCN(CC)C(=O)Oc1ccc2c(ccn2Cc2cc(C)cc(C)c2)c1NC(=O)C12CC[C@@](C)(C(=O)O1)C2(C)C. The van der Waals surface area contributed by atoms with Crippen molar-refractivity contribution >= 4 is 34.6 Å². The molecule has 3 aromatic rings. The molecule has 212 valence electrons. The number of aryl methyl sites for hydroxylation is 2. The first kappa shape index (κ1) is 27.7. The molecule has 40 heavy (non-hydrogen) atoms. The number of ether oxygens (including phenoxy) is 2. The third-order valence-electron chi connectivity index (χ3n) is 9.46. The second-order valence-corrected chi connectivity index (χ2v) is 12.0. The Kier molecular flexibility index (Phi) is 6.71. The summed E-state index contributed by atoms with van der Waals surface area (Å²) < 4.78 is 13.8. The van der Waals surface area contributed by atoms with Gasteiger partial charge in [-0.25, -0.2) is 4.79 Å². The van der Waals surface area contributed by atoms with Gasteiger partial charge in [0.1, 0.15) is 0 Å². The number of nitrogens with zero attached hydrogens (tertiary/aromatic N) is 2. The van der Waals surface area contributed by atoms with Gasteiger partial charge in [0.25, 0.3) is 5.91 Å². The Bertz CT molecular complexity index is 1500. The predicted octanol–water partition coefficient (Wildman–Crippen LogP) is 6.21. The molecule has 1 aliphatic heterocycles. The lowest BCUT2D eigenvalue weighted by molar-refractivity contribution is -0.165. The maximum Gasteiger partial charge on any atom is 0.415 e. The van der Waals surface area contributed by atoms with E-state index in [-0.39, 0.29) is 11.7 Å². The lowest BCUT2D eigenvalue weighted by atomic mass is 9.66. The average molecular weight is 546 g/mol. The standard InChI is InChI=1S/C32H39N3O5/c1-8-34(9-2)29(38)39-25-11-10-24-23(12-15-35(24)19-22-17-20(3)16-21(4)18-22)26(25)33-27(36)32-14-13-31(7,28(37)40-32)30(32,5)6/h10-12,15-18H,8-9,13-14,19H2,1-7H3,(H,33,36)/t31-,32?/m0/s1. The van der Waals surface area contributed by atoms with Crippen molar-refractivity contribution in [3.8, 4) is 5.75 Å². The van der Waals surface area contributed by atoms with Crippen LogP contribution in [0.4, 0.5) is 10.5 Å². The largest absolute Gasteiger partial charge is 0.448 e. The first-order valence-corrected chi connectivity index (χ1v) is 14.1. The molecule has 5 rings (SSSR count). The van der Waals surface area contributed by atoms with Crippen molar-refractivity contribution < 1.29 is 23.9 Å². The van der Waals surface area contributed by atoms with Gasteiger partial charge in [0.15, 0.2) is 11.4 Å². The zero-order valence-corrected chi connectivity index (χ0v) is 24.5. The zero-order valence-electron chi connectivity index (χ0n) is 24.5. The molecule has 1 saturated carbocycles. The number of nitrogens with one attached hydrogen (secondary N) is 1. The van der Waals surface area contributed by atoms with Gasteiger partial charge in [-0.05, 0) is 71.2 Å². The van der Waals surface area contributed by atoms with Crippen LogP contribution in [0.3, 0.4) is 0 Å². The number of hydrogen-bond donors (Lipinski definition) is 1. The van der Waals surface area contributed by atoms with Crippen molar-refractivity contribution in [1.29, 1.82) is 0 Å². The highest BCUT2D eigenvalue weighted by atomic mass is 16.6. The summed E-state index contributed by atoms with van der Waals surface area (Å²) in [5, 5.41) is 3.80. The molecule has 2 bridgehead atoms. The van der Waals surface area contributed by atoms with Gasteiger partial charge in [-0.2, -0.15) is 0 Å². The van der Waals surface area contributed by atoms with Crippen LogP contribution in [0.5, 0.6) is 5.75 Å². The number of amides is 2. The number of benzene rings is 2. The number of rotatable bonds is 7. The number of carbonyl (C=O) groups excluding carboxylic acids is 3. The minimum absolute atomic E-state index is 0.251. The van der Waals surface area contributed by atoms with Crippen LogP contribution in [-0.4, -0.2) is 46.1 Å². The second-order valence-electron chi connectivity index (χ2n) is 12.0. The maximum atomic E-state index is 14.1. The molecule has 0 spiro atoms. The molecule has 8 nitrogen and oxygen atoms in total. The molecule has 1 saturated heterocycles. The van der Waals surface area contributed by atoms with Crippen LogP contribution in [0.2, 0.25) is 0 Å². The van der Waals surface area contributed by atoms with Crippen LogP contribution in [0.25, 0.3) is 10.9 Å². The Balaban J connectivity index is 1.56. The van der Waals surface area contributed by atoms with Crippen LogP contribution in [-0.2, 0) is 20.9 Å². The highest BCUT2D eigenvalue weighted by molar-refractivity contribution is 6.09. The third-order valence-corrected chi connectivity index (χ3v) is 9.46. The Labute approximate surface area is 235 Å². The van der Waals surface area contributed by atoms with Gasteiger partial charge in [0.2, 0.25) is 0 Å². The molecule has 2 atom stereocenters. The van der Waals surface area contributed by atoms with E-state index in [1.165, 1.54) is 16.7 Å². The summed E-state index contributed by atoms with van der Waals surface area (Å²) in [6, 6.07) is 12.0. The summed E-state index contributed by atoms with van der Waals surface area (Å²) >= 11 is 0. The van der Waals surface area contributed by atoms with E-state index in [1.54, 1.807) is 11.0 Å². The van der Waals surface area contributed by atoms with Crippen LogP contribution < -0.4 is 10.1 Å². The average Bonchev–Trinajstić information content (AvgIpc) is 3.42. The Morgan fingerprint density at radius 3 is 2.27 bits per heavy atom. The van der Waals surface area contributed by atoms with Crippen LogP contribution in [0, 0.1) is 24.7 Å². The fourth-order valence-corrected chi connectivity index (χ4v) is 6.56. The van der Waals surface area contributed by atoms with E-state index in [0.29, 0.717) is 38.2 Å². The quantitative estimate of drug-likeness (QED) is 0.357. The van der Waals surface area contributed by atoms with Crippen molar-refractivity contribution in [1.82, 2.24) is 9.47 Å². The number of hydrogen-bond acceptors (Lipinski definition) is 5. The van der Waals surface area contributed by atoms with Gasteiger partial charge in [-0.15, -0.1) is 0 Å². The summed E-state index contributed by atoms with van der Waals surface area (Å²) in [4.78, 5) is 41.4. The molecule has 2 aliphatic rings. The number of esters is 1. The fourth-order valence-electron chi connectivity index (χ4n) is 6.56. The Morgan fingerprint density at radius 2 is 1.70 bits per heavy atom. The van der Waals surface area contributed by atoms with E-state index in [9.17, 15) is 14.4 Å². The number of anilines is 1. The van der Waals surface area contributed by atoms with E-state index in [4.69, 9.17) is 9.47 Å². The fraction of sp³-hybridized carbons (Fsp3) is 0.469. The third kappa shape index (κ3) is 4.07. The normalized spacial score (nSPS) is 22.8. The summed E-state index contributed by atoms with van der Waals surface area (Å²) in [5.74, 6) is -0.493. The smallest absolute Gasteiger partial charge is 0.415 e. The van der Waals surface area contributed by atoms with Gasteiger partial charge >= 0.3 is 12.1 Å². The van der Waals surface area contributed by atoms with E-state index in [2.05, 4.69) is 41.9 Å². The summed E-state index contributed by atoms with van der Waals surface area (Å²) in [6.45, 7) is 15.3. The van der Waals surface area contributed by atoms with Crippen molar-refractivity contribution in [2.45, 2.75) is 73.5 Å². The number of fused-ring (bicyclic) bond motifs is 3. The lowest BCUT2D eigenvalue weighted by Crippen LogP contribution is -2.50. The number of aromatic nitrogens is 1. The van der Waals surface area contributed by atoms with Crippen molar-refractivity contribution in [2.24, 2.45) is 10.8 Å². The van der Waals surface area contributed by atoms with E-state index in [1.807, 2.05) is 52.9 Å². The molecule has 2 amide bonds. The molecule has 2 fully saturated rings. The first-order chi connectivity index (χ1) is 18.9. The second kappa shape index (κ2) is 9.68. The molecule has 8 heteroatoms. The van der Waals surface area contributed by atoms with Gasteiger partial charge in [0, 0.05) is 36.6 Å². The van der Waals surface area contributed by atoms with Gasteiger partial charge < -0.3 is 24.3 Å². The monoisotopic (exact) mass is 545 g/mol.